The van der Waals surface area contributed by atoms with Crippen molar-refractivity contribution in [2.75, 3.05) is 5.32 Å². The minimum Gasteiger partial charge on any atom is -0.481 e. The van der Waals surface area contributed by atoms with Crippen LogP contribution in [0, 0.1) is 5.92 Å². The zero-order chi connectivity index (χ0) is 24.9. The first-order valence-corrected chi connectivity index (χ1v) is 10.7. The van der Waals surface area contributed by atoms with E-state index in [0.29, 0.717) is 17.5 Å². The Kier molecular flexibility index (Phi) is 7.70. The molecule has 1 heterocycles. The Bertz CT molecular complexity index is 1120. The van der Waals surface area contributed by atoms with Gasteiger partial charge in [-0.1, -0.05) is 26.0 Å². The first-order chi connectivity index (χ1) is 16.0. The summed E-state index contributed by atoms with van der Waals surface area (Å²) in [6.45, 7) is 4.05. The van der Waals surface area contributed by atoms with Gasteiger partial charge in [0, 0.05) is 29.7 Å². The molecular formula is C24H24F3N3O4. The highest BCUT2D eigenvalue weighted by Crippen LogP contribution is 2.32. The van der Waals surface area contributed by atoms with Crippen LogP contribution in [0.4, 0.5) is 18.9 Å². The molecule has 0 aliphatic heterocycles. The van der Waals surface area contributed by atoms with E-state index in [9.17, 15) is 22.8 Å². The maximum absolute atomic E-state index is 12.7. The van der Waals surface area contributed by atoms with E-state index in [0.717, 1.165) is 11.3 Å². The molecule has 180 valence electrons. The van der Waals surface area contributed by atoms with Gasteiger partial charge in [-0.25, -0.2) is 0 Å². The number of carboxylic acid groups (broad SMARTS) is 1. The number of hydrogen-bond donors (Lipinski definition) is 2. The van der Waals surface area contributed by atoms with Gasteiger partial charge in [0.25, 0.3) is 0 Å². The van der Waals surface area contributed by atoms with Gasteiger partial charge in [-0.15, -0.1) is 10.2 Å². The van der Waals surface area contributed by atoms with Crippen molar-refractivity contribution in [1.29, 1.82) is 0 Å². The number of nitrogens with zero attached hydrogens (tertiary/aromatic N) is 2. The number of nitrogens with one attached hydrogen (secondary N) is 1. The van der Waals surface area contributed by atoms with Crippen LogP contribution in [0.1, 0.15) is 61.0 Å². The van der Waals surface area contributed by atoms with Gasteiger partial charge in [0.2, 0.25) is 5.89 Å². The van der Waals surface area contributed by atoms with E-state index in [1.54, 1.807) is 48.5 Å². The van der Waals surface area contributed by atoms with Crippen LogP contribution in [0.5, 0.6) is 0 Å². The zero-order valence-corrected chi connectivity index (χ0v) is 18.6. The number of hydrogen-bond acceptors (Lipinski definition) is 6. The molecule has 0 radical (unpaired) electrons. The molecule has 0 aliphatic rings. The fourth-order valence-corrected chi connectivity index (χ4v) is 3.40. The largest absolute Gasteiger partial charge is 0.481 e. The number of ketones is 1. The van der Waals surface area contributed by atoms with Gasteiger partial charge in [-0.05, 0) is 54.3 Å². The predicted octanol–water partition coefficient (Wildman–Crippen LogP) is 6.00. The minimum atomic E-state index is -4.70. The van der Waals surface area contributed by atoms with Crippen molar-refractivity contribution in [2.24, 2.45) is 5.92 Å². The van der Waals surface area contributed by atoms with Crippen molar-refractivity contribution in [3.63, 3.8) is 0 Å². The third-order valence-electron chi connectivity index (χ3n) is 5.17. The fraction of sp³-hybridized carbons (Fsp3) is 0.333. The van der Waals surface area contributed by atoms with Crippen LogP contribution >= 0.6 is 0 Å². The van der Waals surface area contributed by atoms with Crippen molar-refractivity contribution in [1.82, 2.24) is 10.2 Å². The molecule has 7 nitrogen and oxygen atoms in total. The molecule has 3 aromatic rings. The summed E-state index contributed by atoms with van der Waals surface area (Å²) < 4.78 is 42.8. The van der Waals surface area contributed by atoms with Crippen molar-refractivity contribution < 1.29 is 32.3 Å². The lowest BCUT2D eigenvalue weighted by Gasteiger charge is -2.24. The highest BCUT2D eigenvalue weighted by molar-refractivity contribution is 5.96. The van der Waals surface area contributed by atoms with Crippen molar-refractivity contribution in [3.8, 4) is 11.5 Å². The Morgan fingerprint density at radius 2 is 1.65 bits per heavy atom. The molecule has 10 heteroatoms. The highest BCUT2D eigenvalue weighted by atomic mass is 19.4. The average Bonchev–Trinajstić information content (AvgIpc) is 3.28. The van der Waals surface area contributed by atoms with Crippen LogP contribution in [0.15, 0.2) is 52.9 Å². The van der Waals surface area contributed by atoms with E-state index in [1.807, 2.05) is 13.8 Å². The molecule has 1 atom stereocenters. The summed E-state index contributed by atoms with van der Waals surface area (Å²) in [5.74, 6) is -2.47. The maximum atomic E-state index is 12.7. The van der Waals surface area contributed by atoms with Crippen molar-refractivity contribution >= 4 is 17.4 Å². The van der Waals surface area contributed by atoms with Gasteiger partial charge in [-0.3, -0.25) is 9.59 Å². The summed E-state index contributed by atoms with van der Waals surface area (Å²) in [5, 5.41) is 18.6. The molecular weight excluding hydrogens is 451 g/mol. The maximum Gasteiger partial charge on any atom is 0.470 e. The topological polar surface area (TPSA) is 105 Å². The predicted molar refractivity (Wildman–Crippen MR) is 118 cm³/mol. The van der Waals surface area contributed by atoms with Crippen LogP contribution in [0.3, 0.4) is 0 Å². The van der Waals surface area contributed by atoms with E-state index in [2.05, 4.69) is 15.5 Å². The molecule has 0 bridgehead atoms. The number of halogens is 3. The van der Waals surface area contributed by atoms with E-state index in [1.165, 1.54) is 0 Å². The molecule has 0 amide bonds. The highest BCUT2D eigenvalue weighted by Gasteiger charge is 2.38. The molecule has 0 saturated heterocycles. The van der Waals surface area contributed by atoms with Crippen LogP contribution in [-0.4, -0.2) is 27.1 Å². The molecule has 34 heavy (non-hydrogen) atoms. The Labute approximate surface area is 194 Å². The van der Waals surface area contributed by atoms with E-state index in [-0.39, 0.29) is 36.5 Å². The molecule has 3 rings (SSSR count). The normalized spacial score (nSPS) is 12.5. The zero-order valence-electron chi connectivity index (χ0n) is 18.6. The molecule has 0 fully saturated rings. The second-order valence-corrected chi connectivity index (χ2v) is 8.15. The standard InChI is InChI=1S/C24H24F3N3O4/c1-14(2)21(28-18-12-10-15(11-13-18)19(31)4-3-5-20(32)33)16-6-8-17(9-7-16)22-29-30-23(34-22)24(25,26)27/h6-14,21,28H,3-5H2,1-2H3,(H,32,33). The van der Waals surface area contributed by atoms with E-state index in [4.69, 9.17) is 9.52 Å². The quantitative estimate of drug-likeness (QED) is 0.346. The Morgan fingerprint density at radius 1 is 1.00 bits per heavy atom. The summed E-state index contributed by atoms with van der Waals surface area (Å²) in [4.78, 5) is 22.8. The average molecular weight is 475 g/mol. The molecule has 1 aromatic heterocycles. The lowest BCUT2D eigenvalue weighted by atomic mass is 9.94. The number of anilines is 1. The van der Waals surface area contributed by atoms with Crippen LogP contribution < -0.4 is 5.32 Å². The molecule has 2 aromatic carbocycles. The van der Waals surface area contributed by atoms with Gasteiger partial charge < -0.3 is 14.8 Å². The Hall–Kier alpha value is -3.69. The fourth-order valence-electron chi connectivity index (χ4n) is 3.40. The number of Topliss-reactive ketones (excluding diaryl/α,β-unsaturated/α-hetero) is 1. The SMILES string of the molecule is CC(C)C(Nc1ccc(C(=O)CCCC(=O)O)cc1)c1ccc(-c2nnc(C(F)(F)F)o2)cc1. The second-order valence-electron chi connectivity index (χ2n) is 8.15. The third-order valence-corrected chi connectivity index (χ3v) is 5.17. The van der Waals surface area contributed by atoms with Crippen LogP contribution in [0.25, 0.3) is 11.5 Å². The first kappa shape index (κ1) is 24.9. The molecule has 1 unspecified atom stereocenters. The van der Waals surface area contributed by atoms with Crippen molar-refractivity contribution in [3.05, 3.63) is 65.5 Å². The van der Waals surface area contributed by atoms with Gasteiger partial charge >= 0.3 is 18.0 Å². The number of carbonyl (C=O) groups excluding carboxylic acids is 1. The number of rotatable bonds is 10. The Morgan fingerprint density at radius 3 is 2.18 bits per heavy atom. The summed E-state index contributed by atoms with van der Waals surface area (Å²) in [6, 6.07) is 13.7. The summed E-state index contributed by atoms with van der Waals surface area (Å²) in [7, 11) is 0. The number of alkyl halides is 3. The smallest absolute Gasteiger partial charge is 0.470 e. The Balaban J connectivity index is 1.69. The van der Waals surface area contributed by atoms with Gasteiger partial charge in [-0.2, -0.15) is 13.2 Å². The third kappa shape index (κ3) is 6.43. The summed E-state index contributed by atoms with van der Waals surface area (Å²) in [6.07, 6.45) is -4.28. The minimum absolute atomic E-state index is 0.0454. The first-order valence-electron chi connectivity index (χ1n) is 10.7. The number of carbonyl (C=O) groups is 2. The van der Waals surface area contributed by atoms with E-state index < -0.39 is 18.0 Å². The summed E-state index contributed by atoms with van der Waals surface area (Å²) in [5.41, 5.74) is 2.58. The lowest BCUT2D eigenvalue weighted by molar-refractivity contribution is -0.157. The molecule has 0 spiro atoms. The van der Waals surface area contributed by atoms with Gasteiger partial charge in [0.05, 0.1) is 6.04 Å². The molecule has 0 aliphatic carbocycles. The number of aromatic nitrogens is 2. The summed E-state index contributed by atoms with van der Waals surface area (Å²) >= 11 is 0. The number of aliphatic carboxylic acids is 1. The second kappa shape index (κ2) is 10.5. The van der Waals surface area contributed by atoms with Crippen molar-refractivity contribution in [2.45, 2.75) is 45.3 Å². The lowest BCUT2D eigenvalue weighted by Crippen LogP contribution is -2.16. The molecule has 0 saturated carbocycles. The molecule has 2 N–H and O–H groups in total. The van der Waals surface area contributed by atoms with Gasteiger partial charge in [0.1, 0.15) is 0 Å². The number of carboxylic acids is 1. The number of benzene rings is 2. The van der Waals surface area contributed by atoms with Crippen LogP contribution in [0.2, 0.25) is 0 Å². The monoisotopic (exact) mass is 475 g/mol. The van der Waals surface area contributed by atoms with Gasteiger partial charge in [0.15, 0.2) is 5.78 Å². The van der Waals surface area contributed by atoms with E-state index >= 15 is 0 Å². The van der Waals surface area contributed by atoms with Crippen LogP contribution in [-0.2, 0) is 11.0 Å².